The van der Waals surface area contributed by atoms with Crippen LogP contribution in [0.2, 0.25) is 10.0 Å². The van der Waals surface area contributed by atoms with E-state index in [1.807, 2.05) is 87.5 Å². The summed E-state index contributed by atoms with van der Waals surface area (Å²) in [7, 11) is 0. The predicted molar refractivity (Wildman–Crippen MR) is 167 cm³/mol. The molecule has 0 aliphatic carbocycles. The minimum atomic E-state index is -0.529. The zero-order valence-corrected chi connectivity index (χ0v) is 25.1. The van der Waals surface area contributed by atoms with E-state index in [4.69, 9.17) is 37.4 Å². The molecule has 0 heterocycles. The van der Waals surface area contributed by atoms with E-state index in [1.165, 1.54) is 6.08 Å². The molecule has 0 fully saturated rings. The second-order valence-corrected chi connectivity index (χ2v) is 10.3. The van der Waals surface area contributed by atoms with Crippen LogP contribution in [-0.4, -0.2) is 12.5 Å². The lowest BCUT2D eigenvalue weighted by Crippen LogP contribution is -2.14. The fourth-order valence-electron chi connectivity index (χ4n) is 4.18. The van der Waals surface area contributed by atoms with Gasteiger partial charge in [-0.3, -0.25) is 4.79 Å². The Morgan fingerprint density at radius 3 is 2.24 bits per heavy atom. The van der Waals surface area contributed by atoms with Crippen molar-refractivity contribution in [2.45, 2.75) is 34.0 Å². The van der Waals surface area contributed by atoms with Crippen LogP contribution in [0, 0.1) is 25.2 Å². The number of nitrogens with one attached hydrogen (secondary N) is 1. The van der Waals surface area contributed by atoms with E-state index >= 15 is 0 Å². The van der Waals surface area contributed by atoms with Crippen molar-refractivity contribution in [3.63, 3.8) is 0 Å². The largest absolute Gasteiger partial charge is 0.490 e. The average Bonchev–Trinajstić information content (AvgIpc) is 2.97. The molecule has 4 rings (SSSR count). The Hall–Kier alpha value is -4.44. The van der Waals surface area contributed by atoms with Gasteiger partial charge in [0, 0.05) is 5.69 Å². The monoisotopic (exact) mass is 600 g/mol. The Morgan fingerprint density at radius 1 is 0.857 bits per heavy atom. The van der Waals surface area contributed by atoms with Crippen LogP contribution in [0.4, 0.5) is 5.69 Å². The van der Waals surface area contributed by atoms with E-state index < -0.39 is 5.91 Å². The fourth-order valence-corrected chi connectivity index (χ4v) is 4.79. The molecule has 1 amide bonds. The van der Waals surface area contributed by atoms with Crippen LogP contribution in [0.3, 0.4) is 0 Å². The lowest BCUT2D eigenvalue weighted by molar-refractivity contribution is -0.112. The molecule has 0 spiro atoms. The SMILES string of the molecule is CCOc1cc(COc2c(Cl)cc(/C=C(\C#N)C(=O)Nc3ccc(C)cc3C)cc2Cl)ccc1OCc1ccccc1. The Kier molecular flexibility index (Phi) is 10.5. The maximum absolute atomic E-state index is 12.8. The van der Waals surface area contributed by atoms with Gasteiger partial charge in [-0.15, -0.1) is 0 Å². The summed E-state index contributed by atoms with van der Waals surface area (Å²) in [6.45, 7) is 6.84. The number of hydrogen-bond acceptors (Lipinski definition) is 5. The molecule has 0 unspecified atom stereocenters. The van der Waals surface area contributed by atoms with Gasteiger partial charge in [0.25, 0.3) is 5.91 Å². The highest BCUT2D eigenvalue weighted by Crippen LogP contribution is 2.36. The van der Waals surface area contributed by atoms with Crippen LogP contribution in [0.5, 0.6) is 17.2 Å². The normalized spacial score (nSPS) is 11.0. The van der Waals surface area contributed by atoms with E-state index in [0.29, 0.717) is 36.0 Å². The number of halogens is 2. The highest BCUT2D eigenvalue weighted by Gasteiger charge is 2.15. The molecule has 214 valence electrons. The summed E-state index contributed by atoms with van der Waals surface area (Å²) in [5.41, 5.74) is 4.89. The zero-order valence-electron chi connectivity index (χ0n) is 23.5. The predicted octanol–water partition coefficient (Wildman–Crippen LogP) is 8.71. The molecular weight excluding hydrogens is 571 g/mol. The van der Waals surface area contributed by atoms with Crippen LogP contribution in [-0.2, 0) is 18.0 Å². The van der Waals surface area contributed by atoms with Crippen molar-refractivity contribution in [3.8, 4) is 23.3 Å². The molecule has 4 aromatic carbocycles. The van der Waals surface area contributed by atoms with Gasteiger partial charge in [-0.1, -0.05) is 77.3 Å². The zero-order chi connectivity index (χ0) is 30.1. The number of anilines is 1. The number of rotatable bonds is 11. The number of amides is 1. The molecular formula is C34H30Cl2N2O4. The van der Waals surface area contributed by atoms with Gasteiger partial charge in [-0.25, -0.2) is 0 Å². The molecule has 1 N–H and O–H groups in total. The van der Waals surface area contributed by atoms with Gasteiger partial charge in [0.05, 0.1) is 16.7 Å². The van der Waals surface area contributed by atoms with Gasteiger partial charge in [0.2, 0.25) is 0 Å². The highest BCUT2D eigenvalue weighted by molar-refractivity contribution is 6.37. The molecule has 0 aliphatic rings. The molecule has 0 saturated carbocycles. The molecule has 0 bridgehead atoms. The van der Waals surface area contributed by atoms with E-state index in [9.17, 15) is 10.1 Å². The Bertz CT molecular complexity index is 1620. The minimum Gasteiger partial charge on any atom is -0.490 e. The minimum absolute atomic E-state index is 0.0891. The quantitative estimate of drug-likeness (QED) is 0.137. The first-order valence-corrected chi connectivity index (χ1v) is 14.1. The number of hydrogen-bond donors (Lipinski definition) is 1. The number of nitrogens with zero attached hydrogens (tertiary/aromatic N) is 1. The maximum atomic E-state index is 12.8. The topological polar surface area (TPSA) is 80.6 Å². The summed E-state index contributed by atoms with van der Waals surface area (Å²) in [6, 6.07) is 26.3. The fraction of sp³-hybridized carbons (Fsp3) is 0.176. The lowest BCUT2D eigenvalue weighted by Gasteiger charge is -2.15. The number of carbonyl (C=O) groups excluding carboxylic acids is 1. The number of carbonyl (C=O) groups is 1. The molecule has 42 heavy (non-hydrogen) atoms. The molecule has 0 radical (unpaired) electrons. The van der Waals surface area contributed by atoms with E-state index in [2.05, 4.69) is 5.32 Å². The van der Waals surface area contributed by atoms with Crippen molar-refractivity contribution in [3.05, 3.63) is 122 Å². The maximum Gasteiger partial charge on any atom is 0.266 e. The molecule has 8 heteroatoms. The van der Waals surface area contributed by atoms with Crippen LogP contribution in [0.25, 0.3) is 6.08 Å². The van der Waals surface area contributed by atoms with E-state index in [-0.39, 0.29) is 28.0 Å². The van der Waals surface area contributed by atoms with Crippen LogP contribution in [0.15, 0.2) is 84.4 Å². The molecule has 0 aromatic heterocycles. The van der Waals surface area contributed by atoms with Crippen LogP contribution in [0.1, 0.15) is 34.7 Å². The van der Waals surface area contributed by atoms with Crippen LogP contribution < -0.4 is 19.5 Å². The van der Waals surface area contributed by atoms with Crippen molar-refractivity contribution in [2.75, 3.05) is 11.9 Å². The van der Waals surface area contributed by atoms with Crippen molar-refractivity contribution in [2.24, 2.45) is 0 Å². The standard InChI is InChI=1S/C34H30Cl2N2O4/c1-4-40-32-18-25(11-13-31(32)41-20-24-8-6-5-7-9-24)21-42-33-28(35)16-26(17-29(33)36)15-27(19-37)34(39)38-30-12-10-22(2)14-23(30)3/h5-18H,4,20-21H2,1-3H3,(H,38,39)/b27-15+. The first kappa shape index (κ1) is 30.5. The summed E-state index contributed by atoms with van der Waals surface area (Å²) in [6.07, 6.45) is 1.43. The van der Waals surface area contributed by atoms with Crippen molar-refractivity contribution in [1.29, 1.82) is 5.26 Å². The second kappa shape index (κ2) is 14.5. The number of ether oxygens (including phenoxy) is 3. The third-order valence-electron chi connectivity index (χ3n) is 6.26. The second-order valence-electron chi connectivity index (χ2n) is 9.53. The summed E-state index contributed by atoms with van der Waals surface area (Å²) in [4.78, 5) is 12.8. The molecule has 0 atom stereocenters. The molecule has 6 nitrogen and oxygen atoms in total. The number of aryl methyl sites for hydroxylation is 2. The number of benzene rings is 4. The van der Waals surface area contributed by atoms with Crippen molar-refractivity contribution in [1.82, 2.24) is 0 Å². The molecule has 0 aliphatic heterocycles. The first-order valence-electron chi connectivity index (χ1n) is 13.3. The van der Waals surface area contributed by atoms with Crippen molar-refractivity contribution < 1.29 is 19.0 Å². The third kappa shape index (κ3) is 8.07. The van der Waals surface area contributed by atoms with E-state index in [0.717, 1.165) is 22.3 Å². The van der Waals surface area contributed by atoms with Gasteiger partial charge in [0.15, 0.2) is 17.2 Å². The van der Waals surface area contributed by atoms with Gasteiger partial charge in [-0.2, -0.15) is 5.26 Å². The van der Waals surface area contributed by atoms with Gasteiger partial charge in [-0.05, 0) is 79.4 Å². The summed E-state index contributed by atoms with van der Waals surface area (Å²) in [5.74, 6) is 0.997. The number of nitriles is 1. The van der Waals surface area contributed by atoms with Crippen molar-refractivity contribution >= 4 is 40.9 Å². The summed E-state index contributed by atoms with van der Waals surface area (Å²) < 4.78 is 17.7. The molecule has 0 saturated heterocycles. The lowest BCUT2D eigenvalue weighted by atomic mass is 10.1. The van der Waals surface area contributed by atoms with Gasteiger partial charge in [0.1, 0.15) is 24.9 Å². The third-order valence-corrected chi connectivity index (χ3v) is 6.82. The Morgan fingerprint density at radius 2 is 1.57 bits per heavy atom. The Labute approximate surface area is 256 Å². The first-order chi connectivity index (χ1) is 20.3. The summed E-state index contributed by atoms with van der Waals surface area (Å²) in [5, 5.41) is 12.9. The van der Waals surface area contributed by atoms with Gasteiger partial charge < -0.3 is 19.5 Å². The van der Waals surface area contributed by atoms with Crippen LogP contribution >= 0.6 is 23.2 Å². The Balaban J connectivity index is 1.45. The highest BCUT2D eigenvalue weighted by atomic mass is 35.5. The average molecular weight is 602 g/mol. The van der Waals surface area contributed by atoms with Gasteiger partial charge >= 0.3 is 0 Å². The van der Waals surface area contributed by atoms with E-state index in [1.54, 1.807) is 18.2 Å². The molecule has 4 aromatic rings. The summed E-state index contributed by atoms with van der Waals surface area (Å²) >= 11 is 13.0. The smallest absolute Gasteiger partial charge is 0.266 e.